The van der Waals surface area contributed by atoms with Crippen LogP contribution in [0.4, 0.5) is 0 Å². The summed E-state index contributed by atoms with van der Waals surface area (Å²) >= 11 is 0. The van der Waals surface area contributed by atoms with Crippen LogP contribution in [0.15, 0.2) is 18.2 Å². The van der Waals surface area contributed by atoms with Gasteiger partial charge in [-0.1, -0.05) is 0 Å². The van der Waals surface area contributed by atoms with Gasteiger partial charge in [0.25, 0.3) is 0 Å². The Morgan fingerprint density at radius 3 is 2.65 bits per heavy atom. The second-order valence-electron chi connectivity index (χ2n) is 6.61. The van der Waals surface area contributed by atoms with E-state index in [-0.39, 0.29) is 18.0 Å². The quantitative estimate of drug-likeness (QED) is 0.766. The predicted molar refractivity (Wildman–Crippen MR) is 84.5 cm³/mol. The highest BCUT2D eigenvalue weighted by Gasteiger charge is 2.42. The summed E-state index contributed by atoms with van der Waals surface area (Å²) in [6.07, 6.45) is 0.699. The second kappa shape index (κ2) is 6.65. The summed E-state index contributed by atoms with van der Waals surface area (Å²) in [6.45, 7) is 2.61. The zero-order valence-corrected chi connectivity index (χ0v) is 13.4. The fourth-order valence-electron chi connectivity index (χ4n) is 3.55. The van der Waals surface area contributed by atoms with Crippen LogP contribution in [0.5, 0.6) is 11.5 Å². The summed E-state index contributed by atoms with van der Waals surface area (Å²) in [4.78, 5) is 2.29. The van der Waals surface area contributed by atoms with Crippen molar-refractivity contribution in [1.29, 1.82) is 0 Å². The van der Waals surface area contributed by atoms with Gasteiger partial charge in [0.2, 0.25) is 0 Å². The number of rotatable bonds is 3. The molecular weight excluding hydrogens is 298 g/mol. The standard InChI is InChI=1S/C17H25NO5/c1-22-16-3-2-13(19)8-12(16)10-18-6-4-17(5-7-18)9-14(20)15(21)11-23-17/h2-3,8,14-15,19-21H,4-7,9-11H2,1H3/t14-,15+/m1/s1. The monoisotopic (exact) mass is 323 g/mol. The number of benzene rings is 1. The fraction of sp³-hybridized carbons (Fsp3) is 0.647. The maximum Gasteiger partial charge on any atom is 0.123 e. The molecule has 0 saturated carbocycles. The number of aliphatic hydroxyl groups is 2. The molecule has 0 unspecified atom stereocenters. The van der Waals surface area contributed by atoms with Crippen molar-refractivity contribution in [3.05, 3.63) is 23.8 Å². The Balaban J connectivity index is 1.60. The fourth-order valence-corrected chi connectivity index (χ4v) is 3.55. The van der Waals surface area contributed by atoms with Crippen molar-refractivity contribution in [2.45, 2.75) is 43.6 Å². The van der Waals surface area contributed by atoms with Gasteiger partial charge in [0, 0.05) is 31.6 Å². The number of hydrogen-bond donors (Lipinski definition) is 3. The van der Waals surface area contributed by atoms with Crippen molar-refractivity contribution in [2.24, 2.45) is 0 Å². The maximum absolute atomic E-state index is 9.91. The summed E-state index contributed by atoms with van der Waals surface area (Å²) in [6, 6.07) is 5.13. The van der Waals surface area contributed by atoms with E-state index in [1.165, 1.54) is 0 Å². The number of methoxy groups -OCH3 is 1. The first-order chi connectivity index (χ1) is 11.0. The van der Waals surface area contributed by atoms with Crippen molar-refractivity contribution in [2.75, 3.05) is 26.8 Å². The van der Waals surface area contributed by atoms with Crippen LogP contribution in [0.3, 0.4) is 0 Å². The van der Waals surface area contributed by atoms with Gasteiger partial charge in [-0.3, -0.25) is 4.90 Å². The second-order valence-corrected chi connectivity index (χ2v) is 6.61. The molecule has 0 radical (unpaired) electrons. The summed E-state index contributed by atoms with van der Waals surface area (Å²) in [5.74, 6) is 1.01. The first kappa shape index (κ1) is 16.5. The number of ether oxygens (including phenoxy) is 2. The molecule has 0 aromatic heterocycles. The van der Waals surface area contributed by atoms with Gasteiger partial charge in [0.1, 0.15) is 17.6 Å². The van der Waals surface area contributed by atoms with E-state index in [9.17, 15) is 15.3 Å². The van der Waals surface area contributed by atoms with Gasteiger partial charge < -0.3 is 24.8 Å². The first-order valence-electron chi connectivity index (χ1n) is 8.10. The molecule has 0 aliphatic carbocycles. The molecule has 2 heterocycles. The number of aromatic hydroxyl groups is 1. The van der Waals surface area contributed by atoms with Gasteiger partial charge in [-0.05, 0) is 31.0 Å². The average Bonchev–Trinajstić information content (AvgIpc) is 2.54. The number of piperidine rings is 1. The van der Waals surface area contributed by atoms with Crippen molar-refractivity contribution in [3.8, 4) is 11.5 Å². The van der Waals surface area contributed by atoms with E-state index in [1.807, 2.05) is 0 Å². The Labute approximate surface area is 136 Å². The number of aliphatic hydroxyl groups excluding tert-OH is 2. The van der Waals surface area contributed by atoms with E-state index in [0.29, 0.717) is 13.0 Å². The van der Waals surface area contributed by atoms with Crippen LogP contribution >= 0.6 is 0 Å². The molecule has 23 heavy (non-hydrogen) atoms. The van der Waals surface area contributed by atoms with Crippen molar-refractivity contribution in [1.82, 2.24) is 4.90 Å². The van der Waals surface area contributed by atoms with Gasteiger partial charge in [0.15, 0.2) is 0 Å². The molecule has 6 nitrogen and oxygen atoms in total. The van der Waals surface area contributed by atoms with E-state index in [4.69, 9.17) is 9.47 Å². The average molecular weight is 323 g/mol. The predicted octanol–water partition coefficient (Wildman–Crippen LogP) is 0.877. The lowest BCUT2D eigenvalue weighted by Gasteiger charge is -2.46. The Kier molecular flexibility index (Phi) is 4.77. The molecule has 0 amide bonds. The number of phenols is 1. The summed E-state index contributed by atoms with van der Waals surface area (Å²) in [7, 11) is 1.63. The van der Waals surface area contributed by atoms with E-state index < -0.39 is 12.2 Å². The minimum absolute atomic E-state index is 0.210. The topological polar surface area (TPSA) is 82.4 Å². The van der Waals surface area contributed by atoms with Crippen molar-refractivity contribution >= 4 is 0 Å². The van der Waals surface area contributed by atoms with E-state index in [2.05, 4.69) is 4.90 Å². The lowest BCUT2D eigenvalue weighted by molar-refractivity contribution is -0.188. The highest BCUT2D eigenvalue weighted by atomic mass is 16.5. The highest BCUT2D eigenvalue weighted by molar-refractivity contribution is 5.39. The minimum atomic E-state index is -0.768. The van der Waals surface area contributed by atoms with Gasteiger partial charge in [-0.15, -0.1) is 0 Å². The Morgan fingerprint density at radius 1 is 1.26 bits per heavy atom. The maximum atomic E-state index is 9.91. The van der Waals surface area contributed by atoms with Gasteiger partial charge in [0.05, 0.1) is 25.4 Å². The molecular formula is C17H25NO5. The van der Waals surface area contributed by atoms with Gasteiger partial charge in [-0.2, -0.15) is 0 Å². The Morgan fingerprint density at radius 2 is 2.00 bits per heavy atom. The third kappa shape index (κ3) is 3.61. The molecule has 3 rings (SSSR count). The normalized spacial score (nSPS) is 28.0. The lowest BCUT2D eigenvalue weighted by atomic mass is 9.82. The van der Waals surface area contributed by atoms with Gasteiger partial charge in [-0.25, -0.2) is 0 Å². The van der Waals surface area contributed by atoms with Crippen LogP contribution in [0.2, 0.25) is 0 Å². The van der Waals surface area contributed by atoms with E-state index in [0.717, 1.165) is 37.2 Å². The van der Waals surface area contributed by atoms with Crippen molar-refractivity contribution in [3.63, 3.8) is 0 Å². The largest absolute Gasteiger partial charge is 0.508 e. The number of nitrogens with zero attached hydrogens (tertiary/aromatic N) is 1. The SMILES string of the molecule is COc1ccc(O)cc1CN1CCC2(CC1)C[C@@H](O)[C@@H](O)CO2. The molecule has 2 atom stereocenters. The Hall–Kier alpha value is -1.34. The number of hydrogen-bond acceptors (Lipinski definition) is 6. The summed E-state index contributed by atoms with van der Waals surface area (Å²) in [5.41, 5.74) is 0.654. The molecule has 2 fully saturated rings. The first-order valence-corrected chi connectivity index (χ1v) is 8.10. The molecule has 1 aromatic carbocycles. The van der Waals surface area contributed by atoms with Crippen LogP contribution in [0.1, 0.15) is 24.8 Å². The van der Waals surface area contributed by atoms with Gasteiger partial charge >= 0.3 is 0 Å². The van der Waals surface area contributed by atoms with Crippen LogP contribution in [-0.4, -0.2) is 64.8 Å². The number of phenolic OH excluding ortho intramolecular Hbond substituents is 1. The molecule has 6 heteroatoms. The molecule has 3 N–H and O–H groups in total. The lowest BCUT2D eigenvalue weighted by Crippen LogP contribution is -2.54. The molecule has 1 aromatic rings. The molecule has 2 aliphatic heterocycles. The molecule has 0 bridgehead atoms. The van der Waals surface area contributed by atoms with Crippen LogP contribution < -0.4 is 4.74 Å². The zero-order chi connectivity index (χ0) is 16.4. The van der Waals surface area contributed by atoms with Crippen molar-refractivity contribution < 1.29 is 24.8 Å². The summed E-state index contributed by atoms with van der Waals surface area (Å²) in [5, 5.41) is 29.2. The Bertz CT molecular complexity index is 542. The van der Waals surface area contributed by atoms with E-state index in [1.54, 1.807) is 25.3 Å². The van der Waals surface area contributed by atoms with E-state index >= 15 is 0 Å². The van der Waals surface area contributed by atoms with Crippen LogP contribution in [-0.2, 0) is 11.3 Å². The molecule has 2 aliphatic rings. The molecule has 1 spiro atoms. The third-order valence-corrected chi connectivity index (χ3v) is 5.01. The van der Waals surface area contributed by atoms with Crippen LogP contribution in [0, 0.1) is 0 Å². The summed E-state index contributed by atoms with van der Waals surface area (Å²) < 4.78 is 11.2. The highest BCUT2D eigenvalue weighted by Crippen LogP contribution is 2.36. The smallest absolute Gasteiger partial charge is 0.123 e. The van der Waals surface area contributed by atoms with Crippen LogP contribution in [0.25, 0.3) is 0 Å². The third-order valence-electron chi connectivity index (χ3n) is 5.01. The zero-order valence-electron chi connectivity index (χ0n) is 13.4. The molecule has 2 saturated heterocycles. The number of likely N-dealkylation sites (tertiary alicyclic amines) is 1. The minimum Gasteiger partial charge on any atom is -0.508 e. The molecule has 128 valence electrons.